The molecular formula is C10H25W4-. The Morgan fingerprint density at radius 2 is 0.929 bits per heavy atom. The van der Waals surface area contributed by atoms with Crippen molar-refractivity contribution in [1.29, 1.82) is 0 Å². The molecule has 0 aromatic rings. The molecule has 0 N–H and O–H groups in total. The van der Waals surface area contributed by atoms with Gasteiger partial charge >= 0.3 is 42.1 Å². The molecule has 14 heavy (non-hydrogen) atoms. The fourth-order valence-electron chi connectivity index (χ4n) is 0. The molecule has 0 radical (unpaired) electrons. The van der Waals surface area contributed by atoms with Crippen LogP contribution in [0.25, 0.3) is 0 Å². The summed E-state index contributed by atoms with van der Waals surface area (Å²) in [5.74, 6) is 0. The fraction of sp³-hybridized carbons (Fsp3) is 0.500. The third-order valence-electron chi connectivity index (χ3n) is 0.408. The predicted octanol–water partition coefficient (Wildman–Crippen LogP) is 4.19. The number of hydrogen-bond acceptors (Lipinski definition) is 0. The van der Waals surface area contributed by atoms with Crippen molar-refractivity contribution < 1.29 is 84.3 Å². The molecule has 0 bridgehead atoms. The molecular weight excluding hydrogens is 855 g/mol. The monoisotopic (exact) mass is 881 g/mol. The Labute approximate surface area is 152 Å². The summed E-state index contributed by atoms with van der Waals surface area (Å²) in [6.07, 6.45) is 3.32. The minimum Gasteiger partial charge on any atom is -0.358 e. The Morgan fingerprint density at radius 1 is 0.857 bits per heavy atom. The zero-order valence-electron chi connectivity index (χ0n) is 10.3. The van der Waals surface area contributed by atoms with Crippen molar-refractivity contribution in [3.8, 4) is 0 Å². The van der Waals surface area contributed by atoms with Gasteiger partial charge < -0.3 is 35.1 Å². The van der Waals surface area contributed by atoms with Crippen molar-refractivity contribution in [2.24, 2.45) is 0 Å². The van der Waals surface area contributed by atoms with E-state index in [1.54, 1.807) is 13.8 Å². The van der Waals surface area contributed by atoms with Crippen LogP contribution in [0.2, 0.25) is 0 Å². The molecule has 0 nitrogen and oxygen atoms in total. The molecule has 0 rings (SSSR count). The Balaban J connectivity index is -0.00000000333. The van der Waals surface area contributed by atoms with Gasteiger partial charge in [0.05, 0.1) is 0 Å². The van der Waals surface area contributed by atoms with E-state index in [1.807, 2.05) is 0 Å². The van der Waals surface area contributed by atoms with Gasteiger partial charge in [0.25, 0.3) is 0 Å². The van der Waals surface area contributed by atoms with E-state index in [1.165, 1.54) is 6.42 Å². The zero-order chi connectivity index (χ0) is 7.41. The standard InChI is InChI=1S/C4H9.2C2H5.2CH3.4W/c1-3-4-2;2*1-2;;;;;;/h3H,4H2,1-2H3;2*1H2,2H3;2*1H3;;;;/q5*-1;;;2*+2. The van der Waals surface area contributed by atoms with E-state index in [4.69, 9.17) is 0 Å². The summed E-state index contributed by atoms with van der Waals surface area (Å²) in [6, 6.07) is 0. The maximum Gasteiger partial charge on any atom is 2.00 e. The van der Waals surface area contributed by atoms with Gasteiger partial charge in [-0.05, 0) is 0 Å². The molecule has 0 atom stereocenters. The van der Waals surface area contributed by atoms with Crippen LogP contribution in [0.1, 0.15) is 34.1 Å². The smallest absolute Gasteiger partial charge is 0.358 e. The summed E-state index contributed by atoms with van der Waals surface area (Å²) in [5, 5.41) is 0. The van der Waals surface area contributed by atoms with Gasteiger partial charge in [-0.3, -0.25) is 0 Å². The minimum atomic E-state index is 0. The van der Waals surface area contributed by atoms with E-state index in [9.17, 15) is 0 Å². The van der Waals surface area contributed by atoms with E-state index in [0.29, 0.717) is 0 Å². The van der Waals surface area contributed by atoms with E-state index in [0.717, 1.165) is 0 Å². The SMILES string of the molecule is C[CH-]CC.[CH2-]C.[CH2-]C.[CH3-].[CH3-].[W+2].[W+2].[W].[W]. The van der Waals surface area contributed by atoms with Crippen LogP contribution in [0.4, 0.5) is 0 Å². The van der Waals surface area contributed by atoms with E-state index >= 15 is 0 Å². The van der Waals surface area contributed by atoms with Crippen LogP contribution in [0.15, 0.2) is 0 Å². The first kappa shape index (κ1) is 69.2. The molecule has 0 amide bonds. The van der Waals surface area contributed by atoms with Crippen molar-refractivity contribution >= 4 is 0 Å². The fourth-order valence-corrected chi connectivity index (χ4v) is 0. The molecule has 0 heterocycles. The normalized spacial score (nSPS) is 3.00. The van der Waals surface area contributed by atoms with Crippen molar-refractivity contribution in [1.82, 2.24) is 0 Å². The van der Waals surface area contributed by atoms with Crippen LogP contribution < -0.4 is 0 Å². The van der Waals surface area contributed by atoms with Gasteiger partial charge in [-0.1, -0.05) is 6.92 Å². The van der Waals surface area contributed by atoms with Gasteiger partial charge in [-0.2, -0.15) is 27.2 Å². The molecule has 0 aliphatic rings. The first-order valence-corrected chi connectivity index (χ1v) is 3.11. The molecule has 0 saturated carbocycles. The van der Waals surface area contributed by atoms with Crippen molar-refractivity contribution in [2.45, 2.75) is 34.1 Å². The van der Waals surface area contributed by atoms with Gasteiger partial charge in [0.1, 0.15) is 0 Å². The number of unbranched alkanes of at least 4 members (excludes halogenated alkanes) is 1. The molecule has 0 aromatic carbocycles. The van der Waals surface area contributed by atoms with Crippen LogP contribution in [-0.2, 0) is 84.3 Å². The van der Waals surface area contributed by atoms with Gasteiger partial charge in [0.15, 0.2) is 0 Å². The Bertz CT molecular complexity index is 14.1. The van der Waals surface area contributed by atoms with Crippen LogP contribution >= 0.6 is 0 Å². The molecule has 0 aromatic heterocycles. The van der Waals surface area contributed by atoms with Gasteiger partial charge in [0, 0.05) is 42.1 Å². The summed E-state index contributed by atoms with van der Waals surface area (Å²) in [6.45, 7) is 14.2. The third kappa shape index (κ3) is 198. The van der Waals surface area contributed by atoms with E-state index in [2.05, 4.69) is 34.1 Å². The van der Waals surface area contributed by atoms with Gasteiger partial charge in [-0.15, -0.1) is 0 Å². The molecule has 0 fully saturated rings. The van der Waals surface area contributed by atoms with Crippen LogP contribution in [0.5, 0.6) is 0 Å². The van der Waals surface area contributed by atoms with Crippen LogP contribution in [-0.4, -0.2) is 0 Å². The molecule has 0 aliphatic carbocycles. The topological polar surface area (TPSA) is 0 Å². The first-order chi connectivity index (χ1) is 3.91. The summed E-state index contributed by atoms with van der Waals surface area (Å²) in [7, 11) is 0. The van der Waals surface area contributed by atoms with Gasteiger partial charge in [-0.25, -0.2) is 0 Å². The second kappa shape index (κ2) is 152. The average molecular weight is 881 g/mol. The summed E-state index contributed by atoms with van der Waals surface area (Å²) >= 11 is 0. The predicted molar refractivity (Wildman–Crippen MR) is 55.2 cm³/mol. The molecule has 90 valence electrons. The second-order valence-electron chi connectivity index (χ2n) is 0.816. The maximum atomic E-state index is 3.25. The number of rotatable bonds is 1. The van der Waals surface area contributed by atoms with Crippen molar-refractivity contribution in [2.75, 3.05) is 0 Å². The average Bonchev–Trinajstić information content (AvgIpc) is 1.96. The largest absolute Gasteiger partial charge is 2.00 e. The van der Waals surface area contributed by atoms with Gasteiger partial charge in [0.2, 0.25) is 0 Å². The number of hydrogen-bond donors (Lipinski definition) is 0. The Kier molecular flexibility index (Phi) is 750. The molecule has 0 unspecified atom stereocenters. The Morgan fingerprint density at radius 3 is 0.929 bits per heavy atom. The Hall–Kier alpha value is 2.75. The van der Waals surface area contributed by atoms with Crippen molar-refractivity contribution in [3.05, 3.63) is 35.1 Å². The maximum absolute atomic E-state index is 3.25. The van der Waals surface area contributed by atoms with Crippen molar-refractivity contribution in [3.63, 3.8) is 0 Å². The zero-order valence-corrected chi connectivity index (χ0v) is 22.1. The molecule has 0 saturated heterocycles. The second-order valence-corrected chi connectivity index (χ2v) is 0.816. The molecule has 0 spiro atoms. The van der Waals surface area contributed by atoms with E-state index in [-0.39, 0.29) is 99.1 Å². The van der Waals surface area contributed by atoms with Crippen LogP contribution in [0.3, 0.4) is 0 Å². The first-order valence-electron chi connectivity index (χ1n) is 3.11. The minimum absolute atomic E-state index is 0. The summed E-state index contributed by atoms with van der Waals surface area (Å²) in [4.78, 5) is 0. The molecule has 4 heteroatoms. The molecule has 0 aliphatic heterocycles. The quantitative estimate of drug-likeness (QED) is 0.348. The van der Waals surface area contributed by atoms with E-state index < -0.39 is 0 Å². The van der Waals surface area contributed by atoms with Crippen LogP contribution in [0, 0.1) is 35.1 Å². The summed E-state index contributed by atoms with van der Waals surface area (Å²) in [5.41, 5.74) is 0. The summed E-state index contributed by atoms with van der Waals surface area (Å²) < 4.78 is 0. The third-order valence-corrected chi connectivity index (χ3v) is 0.408.